The van der Waals surface area contributed by atoms with Gasteiger partial charge >= 0.3 is 0 Å². The van der Waals surface area contributed by atoms with Crippen molar-refractivity contribution in [3.8, 4) is 0 Å². The molecule has 0 aromatic carbocycles. The minimum absolute atomic E-state index is 0.284. The third-order valence-corrected chi connectivity index (χ3v) is 3.66. The first-order chi connectivity index (χ1) is 7.24. The first kappa shape index (κ1) is 12.7. The Morgan fingerprint density at radius 1 is 1.47 bits per heavy atom. The van der Waals surface area contributed by atoms with Crippen LogP contribution in [0.3, 0.4) is 0 Å². The molecule has 86 valence electrons. The smallest absolute Gasteiger partial charge is 0.0693 e. The van der Waals surface area contributed by atoms with Crippen LogP contribution in [0.4, 0.5) is 0 Å². The number of aryl methyl sites for hydroxylation is 1. The zero-order valence-electron chi connectivity index (χ0n) is 9.82. The fourth-order valence-corrected chi connectivity index (χ4v) is 2.17. The molecule has 0 saturated heterocycles. The quantitative estimate of drug-likeness (QED) is 0.723. The summed E-state index contributed by atoms with van der Waals surface area (Å²) < 4.78 is 5.25. The second kappa shape index (κ2) is 6.99. The van der Waals surface area contributed by atoms with Gasteiger partial charge in [0.05, 0.1) is 6.10 Å². The highest BCUT2D eigenvalue weighted by Gasteiger charge is 2.09. The number of rotatable bonds is 7. The summed E-state index contributed by atoms with van der Waals surface area (Å²) in [7, 11) is 1.76. The van der Waals surface area contributed by atoms with Gasteiger partial charge < -0.3 is 10.1 Å². The maximum absolute atomic E-state index is 5.25. The molecule has 2 unspecified atom stereocenters. The van der Waals surface area contributed by atoms with Crippen LogP contribution < -0.4 is 5.32 Å². The number of thiophene rings is 1. The van der Waals surface area contributed by atoms with E-state index in [-0.39, 0.29) is 6.10 Å². The van der Waals surface area contributed by atoms with E-state index in [1.54, 1.807) is 7.11 Å². The van der Waals surface area contributed by atoms with Crippen LogP contribution in [0.1, 0.15) is 25.1 Å². The predicted octanol–water partition coefficient (Wildman–Crippen LogP) is 2.69. The summed E-state index contributed by atoms with van der Waals surface area (Å²) >= 11 is 1.84. The largest absolute Gasteiger partial charge is 0.380 e. The van der Waals surface area contributed by atoms with Crippen LogP contribution in [0, 0.1) is 0 Å². The molecule has 0 aliphatic carbocycles. The maximum atomic E-state index is 5.25. The average molecular weight is 227 g/mol. The normalized spacial score (nSPS) is 15.1. The molecule has 0 amide bonds. The Balaban J connectivity index is 2.06. The Kier molecular flexibility index (Phi) is 5.91. The van der Waals surface area contributed by atoms with Gasteiger partial charge in [-0.05, 0) is 44.7 Å². The van der Waals surface area contributed by atoms with Gasteiger partial charge in [-0.15, -0.1) is 11.3 Å². The fourth-order valence-electron chi connectivity index (χ4n) is 1.42. The Bertz CT molecular complexity index is 248. The molecule has 3 heteroatoms. The van der Waals surface area contributed by atoms with Crippen LogP contribution in [0.5, 0.6) is 0 Å². The molecule has 1 aromatic heterocycles. The Hall–Kier alpha value is -0.380. The number of nitrogens with one attached hydrogen (secondary N) is 1. The average Bonchev–Trinajstić information content (AvgIpc) is 2.75. The van der Waals surface area contributed by atoms with E-state index in [4.69, 9.17) is 4.74 Å². The molecule has 0 saturated carbocycles. The van der Waals surface area contributed by atoms with Crippen molar-refractivity contribution in [1.29, 1.82) is 0 Å². The van der Waals surface area contributed by atoms with E-state index < -0.39 is 0 Å². The summed E-state index contributed by atoms with van der Waals surface area (Å²) in [4.78, 5) is 1.48. The topological polar surface area (TPSA) is 21.3 Å². The van der Waals surface area contributed by atoms with Gasteiger partial charge in [-0.2, -0.15) is 0 Å². The van der Waals surface area contributed by atoms with Gasteiger partial charge in [0, 0.05) is 18.0 Å². The van der Waals surface area contributed by atoms with Crippen LogP contribution in [0.25, 0.3) is 0 Å². The molecule has 2 atom stereocenters. The van der Waals surface area contributed by atoms with Gasteiger partial charge in [0.1, 0.15) is 0 Å². The van der Waals surface area contributed by atoms with Gasteiger partial charge in [-0.1, -0.05) is 6.07 Å². The molecular formula is C12H21NOS. The van der Waals surface area contributed by atoms with E-state index in [0.29, 0.717) is 6.04 Å². The van der Waals surface area contributed by atoms with Crippen molar-refractivity contribution in [2.75, 3.05) is 13.7 Å². The van der Waals surface area contributed by atoms with Crippen molar-refractivity contribution < 1.29 is 4.74 Å². The summed E-state index contributed by atoms with van der Waals surface area (Å²) in [5, 5.41) is 5.61. The van der Waals surface area contributed by atoms with Gasteiger partial charge in [-0.25, -0.2) is 0 Å². The lowest BCUT2D eigenvalue weighted by atomic mass is 10.2. The van der Waals surface area contributed by atoms with Crippen molar-refractivity contribution in [1.82, 2.24) is 5.32 Å². The van der Waals surface area contributed by atoms with Crippen molar-refractivity contribution in [3.05, 3.63) is 22.4 Å². The van der Waals surface area contributed by atoms with Gasteiger partial charge in [-0.3, -0.25) is 0 Å². The zero-order chi connectivity index (χ0) is 11.1. The maximum Gasteiger partial charge on any atom is 0.0693 e. The number of ether oxygens (including phenoxy) is 1. The van der Waals surface area contributed by atoms with Gasteiger partial charge in [0.25, 0.3) is 0 Å². The highest BCUT2D eigenvalue weighted by Crippen LogP contribution is 2.10. The third-order valence-electron chi connectivity index (χ3n) is 2.72. The van der Waals surface area contributed by atoms with E-state index in [9.17, 15) is 0 Å². The Morgan fingerprint density at radius 2 is 2.27 bits per heavy atom. The van der Waals surface area contributed by atoms with Crippen molar-refractivity contribution >= 4 is 11.3 Å². The summed E-state index contributed by atoms with van der Waals surface area (Å²) in [6.45, 7) is 5.32. The molecular weight excluding hydrogens is 206 g/mol. The Labute approximate surface area is 96.7 Å². The minimum Gasteiger partial charge on any atom is -0.380 e. The van der Waals surface area contributed by atoms with Crippen molar-refractivity contribution in [2.45, 2.75) is 38.8 Å². The van der Waals surface area contributed by atoms with Gasteiger partial charge in [0.15, 0.2) is 0 Å². The molecule has 1 N–H and O–H groups in total. The van der Waals surface area contributed by atoms with Crippen LogP contribution >= 0.6 is 11.3 Å². The Morgan fingerprint density at radius 3 is 2.87 bits per heavy atom. The molecule has 0 spiro atoms. The molecule has 0 aliphatic rings. The monoisotopic (exact) mass is 227 g/mol. The third kappa shape index (κ3) is 4.78. The predicted molar refractivity (Wildman–Crippen MR) is 66.6 cm³/mol. The first-order valence-electron chi connectivity index (χ1n) is 5.52. The van der Waals surface area contributed by atoms with Crippen LogP contribution in [0.15, 0.2) is 17.5 Å². The number of methoxy groups -OCH3 is 1. The van der Waals surface area contributed by atoms with E-state index in [2.05, 4.69) is 36.7 Å². The molecule has 0 radical (unpaired) electrons. The highest BCUT2D eigenvalue weighted by atomic mass is 32.1. The fraction of sp³-hybridized carbons (Fsp3) is 0.667. The summed E-state index contributed by atoms with van der Waals surface area (Å²) in [5.41, 5.74) is 0. The molecule has 0 aliphatic heterocycles. The lowest BCUT2D eigenvalue weighted by Gasteiger charge is -2.19. The SMILES string of the molecule is COC(C)C(C)NCCCc1cccs1. The van der Waals surface area contributed by atoms with E-state index in [0.717, 1.165) is 6.54 Å². The van der Waals surface area contributed by atoms with Crippen molar-refractivity contribution in [3.63, 3.8) is 0 Å². The standard InChI is InChI=1S/C12H21NOS/c1-10(11(2)14-3)13-8-4-6-12-7-5-9-15-12/h5,7,9-11,13H,4,6,8H2,1-3H3. The summed E-state index contributed by atoms with van der Waals surface area (Å²) in [5.74, 6) is 0. The van der Waals surface area contributed by atoms with Crippen molar-refractivity contribution in [2.24, 2.45) is 0 Å². The van der Waals surface area contributed by atoms with Crippen LogP contribution in [0.2, 0.25) is 0 Å². The summed E-state index contributed by atoms with van der Waals surface area (Å²) in [6, 6.07) is 4.74. The lowest BCUT2D eigenvalue weighted by molar-refractivity contribution is 0.0888. The number of hydrogen-bond donors (Lipinski definition) is 1. The molecule has 1 aromatic rings. The second-order valence-corrected chi connectivity index (χ2v) is 4.90. The van der Waals surface area contributed by atoms with Gasteiger partial charge in [0.2, 0.25) is 0 Å². The molecule has 0 bridgehead atoms. The van der Waals surface area contributed by atoms with Crippen LogP contribution in [-0.2, 0) is 11.2 Å². The van der Waals surface area contributed by atoms with E-state index >= 15 is 0 Å². The number of hydrogen-bond acceptors (Lipinski definition) is 3. The zero-order valence-corrected chi connectivity index (χ0v) is 10.6. The molecule has 0 fully saturated rings. The second-order valence-electron chi connectivity index (χ2n) is 3.87. The lowest BCUT2D eigenvalue weighted by Crippen LogP contribution is -2.37. The minimum atomic E-state index is 0.284. The van der Waals surface area contributed by atoms with E-state index in [1.165, 1.54) is 17.7 Å². The molecule has 1 heterocycles. The highest BCUT2D eigenvalue weighted by molar-refractivity contribution is 7.09. The first-order valence-corrected chi connectivity index (χ1v) is 6.40. The molecule has 1 rings (SSSR count). The van der Waals surface area contributed by atoms with Crippen LogP contribution in [-0.4, -0.2) is 25.8 Å². The molecule has 15 heavy (non-hydrogen) atoms. The molecule has 2 nitrogen and oxygen atoms in total. The summed E-state index contributed by atoms with van der Waals surface area (Å²) in [6.07, 6.45) is 2.66. The van der Waals surface area contributed by atoms with E-state index in [1.807, 2.05) is 11.3 Å².